The molecule has 7 heteroatoms. The molecule has 0 unspecified atom stereocenters. The van der Waals surface area contributed by atoms with Crippen LogP contribution in [0.4, 0.5) is 13.2 Å². The number of alkyl halides is 3. The fourth-order valence-electron chi connectivity index (χ4n) is 1.04. The maximum Gasteiger partial charge on any atom is 0.432 e. The van der Waals surface area contributed by atoms with E-state index in [4.69, 9.17) is 0 Å². The number of aromatic amines is 1. The predicted octanol–water partition coefficient (Wildman–Crippen LogP) is 1.89. The SMILES string of the molecule is FC(F)(F)c1cc(-c2cccnn2)n[nH]1. The van der Waals surface area contributed by atoms with Crippen molar-refractivity contribution in [2.45, 2.75) is 6.18 Å². The summed E-state index contributed by atoms with van der Waals surface area (Å²) in [6.07, 6.45) is -2.99. The number of hydrogen-bond donors (Lipinski definition) is 1. The van der Waals surface area contributed by atoms with E-state index in [0.717, 1.165) is 6.07 Å². The van der Waals surface area contributed by atoms with Crippen molar-refractivity contribution < 1.29 is 13.2 Å². The molecule has 0 amide bonds. The maximum absolute atomic E-state index is 12.2. The molecule has 0 fully saturated rings. The second-order valence-electron chi connectivity index (χ2n) is 2.77. The van der Waals surface area contributed by atoms with Crippen LogP contribution in [0.3, 0.4) is 0 Å². The second-order valence-corrected chi connectivity index (χ2v) is 2.77. The molecule has 0 bridgehead atoms. The monoisotopic (exact) mass is 214 g/mol. The number of nitrogens with zero attached hydrogens (tertiary/aromatic N) is 3. The average Bonchev–Trinajstić information content (AvgIpc) is 2.67. The van der Waals surface area contributed by atoms with Gasteiger partial charge in [-0.05, 0) is 18.2 Å². The highest BCUT2D eigenvalue weighted by atomic mass is 19.4. The first-order chi connectivity index (χ1) is 7.07. The third-order valence-electron chi connectivity index (χ3n) is 1.72. The lowest BCUT2D eigenvalue weighted by molar-refractivity contribution is -0.141. The molecule has 0 saturated carbocycles. The summed E-state index contributed by atoms with van der Waals surface area (Å²) in [5.41, 5.74) is -0.483. The van der Waals surface area contributed by atoms with Gasteiger partial charge in [-0.15, -0.1) is 5.10 Å². The summed E-state index contributed by atoms with van der Waals surface area (Å²) in [6.45, 7) is 0. The van der Waals surface area contributed by atoms with Crippen LogP contribution in [0.2, 0.25) is 0 Å². The first-order valence-corrected chi connectivity index (χ1v) is 3.98. The highest BCUT2D eigenvalue weighted by Crippen LogP contribution is 2.29. The number of rotatable bonds is 1. The minimum Gasteiger partial charge on any atom is -0.273 e. The molecule has 0 spiro atoms. The van der Waals surface area contributed by atoms with Crippen molar-refractivity contribution in [2.24, 2.45) is 0 Å². The molecule has 0 saturated heterocycles. The van der Waals surface area contributed by atoms with Crippen LogP contribution in [-0.4, -0.2) is 20.4 Å². The van der Waals surface area contributed by atoms with E-state index in [1.165, 1.54) is 12.3 Å². The molecular formula is C8H5F3N4. The Balaban J connectivity index is 2.37. The van der Waals surface area contributed by atoms with E-state index in [-0.39, 0.29) is 5.69 Å². The Hall–Kier alpha value is -1.92. The van der Waals surface area contributed by atoms with Gasteiger partial charge in [-0.1, -0.05) is 0 Å². The zero-order chi connectivity index (χ0) is 10.9. The van der Waals surface area contributed by atoms with Gasteiger partial charge >= 0.3 is 6.18 Å². The number of nitrogens with one attached hydrogen (secondary N) is 1. The summed E-state index contributed by atoms with van der Waals surface area (Å²) in [5.74, 6) is 0. The van der Waals surface area contributed by atoms with Gasteiger partial charge in [0.05, 0.1) is 0 Å². The third-order valence-corrected chi connectivity index (χ3v) is 1.72. The first-order valence-electron chi connectivity index (χ1n) is 3.98. The van der Waals surface area contributed by atoms with E-state index >= 15 is 0 Å². The first kappa shape index (κ1) is 9.63. The molecule has 2 aromatic rings. The van der Waals surface area contributed by atoms with Crippen LogP contribution in [0.1, 0.15) is 5.69 Å². The van der Waals surface area contributed by atoms with Crippen LogP contribution in [-0.2, 0) is 6.18 Å². The van der Waals surface area contributed by atoms with E-state index in [0.29, 0.717) is 5.69 Å². The normalized spacial score (nSPS) is 11.7. The number of hydrogen-bond acceptors (Lipinski definition) is 3. The quantitative estimate of drug-likeness (QED) is 0.788. The molecule has 15 heavy (non-hydrogen) atoms. The van der Waals surface area contributed by atoms with Crippen LogP contribution in [0, 0.1) is 0 Å². The van der Waals surface area contributed by atoms with Gasteiger partial charge in [0.1, 0.15) is 17.1 Å². The van der Waals surface area contributed by atoms with Crippen molar-refractivity contribution in [1.29, 1.82) is 0 Å². The summed E-state index contributed by atoms with van der Waals surface area (Å²) >= 11 is 0. The molecule has 78 valence electrons. The summed E-state index contributed by atoms with van der Waals surface area (Å²) < 4.78 is 36.6. The average molecular weight is 214 g/mol. The fraction of sp³-hybridized carbons (Fsp3) is 0.125. The summed E-state index contributed by atoms with van der Waals surface area (Å²) in [5, 5.41) is 12.6. The van der Waals surface area contributed by atoms with Crippen molar-refractivity contribution in [1.82, 2.24) is 20.4 Å². The molecule has 0 aliphatic heterocycles. The van der Waals surface area contributed by atoms with Crippen LogP contribution in [0.15, 0.2) is 24.4 Å². The van der Waals surface area contributed by atoms with E-state index in [9.17, 15) is 13.2 Å². The fourth-order valence-corrected chi connectivity index (χ4v) is 1.04. The molecule has 0 atom stereocenters. The molecule has 0 aliphatic carbocycles. The molecule has 0 radical (unpaired) electrons. The smallest absolute Gasteiger partial charge is 0.273 e. The van der Waals surface area contributed by atoms with Gasteiger partial charge in [0.2, 0.25) is 0 Å². The molecule has 4 nitrogen and oxygen atoms in total. The van der Waals surface area contributed by atoms with Gasteiger partial charge in [0, 0.05) is 6.20 Å². The van der Waals surface area contributed by atoms with Crippen LogP contribution >= 0.6 is 0 Å². The predicted molar refractivity (Wildman–Crippen MR) is 44.6 cm³/mol. The Morgan fingerprint density at radius 3 is 2.53 bits per heavy atom. The van der Waals surface area contributed by atoms with Gasteiger partial charge < -0.3 is 0 Å². The molecule has 2 heterocycles. The summed E-state index contributed by atoms with van der Waals surface area (Å²) in [7, 11) is 0. The van der Waals surface area contributed by atoms with Gasteiger partial charge in [0.25, 0.3) is 0 Å². The lowest BCUT2D eigenvalue weighted by atomic mass is 10.2. The highest BCUT2D eigenvalue weighted by molar-refractivity contribution is 5.53. The van der Waals surface area contributed by atoms with E-state index in [1.54, 1.807) is 6.07 Å². The summed E-state index contributed by atoms with van der Waals surface area (Å²) in [4.78, 5) is 0. The van der Waals surface area contributed by atoms with E-state index in [2.05, 4.69) is 15.3 Å². The zero-order valence-electron chi connectivity index (χ0n) is 7.28. The number of halogens is 3. The largest absolute Gasteiger partial charge is 0.432 e. The van der Waals surface area contributed by atoms with Gasteiger partial charge in [0.15, 0.2) is 0 Å². The van der Waals surface area contributed by atoms with Crippen LogP contribution in [0.25, 0.3) is 11.4 Å². The zero-order valence-corrected chi connectivity index (χ0v) is 7.28. The van der Waals surface area contributed by atoms with Crippen molar-refractivity contribution >= 4 is 0 Å². The standard InChI is InChI=1S/C8H5F3N4/c9-8(10,11)7-4-6(14-15-7)5-2-1-3-12-13-5/h1-4H,(H,14,15). The molecule has 2 aromatic heterocycles. The molecule has 2 rings (SSSR count). The maximum atomic E-state index is 12.2. The van der Waals surface area contributed by atoms with E-state index < -0.39 is 11.9 Å². The highest BCUT2D eigenvalue weighted by Gasteiger charge is 2.33. The van der Waals surface area contributed by atoms with Crippen molar-refractivity contribution in [3.05, 3.63) is 30.1 Å². The van der Waals surface area contributed by atoms with Gasteiger partial charge in [-0.3, -0.25) is 5.10 Å². The van der Waals surface area contributed by atoms with Crippen molar-refractivity contribution in [3.8, 4) is 11.4 Å². The second kappa shape index (κ2) is 3.34. The Morgan fingerprint density at radius 2 is 2.00 bits per heavy atom. The number of aromatic nitrogens is 4. The Morgan fingerprint density at radius 1 is 1.20 bits per heavy atom. The molecule has 0 aliphatic rings. The molecular weight excluding hydrogens is 209 g/mol. The molecule has 1 N–H and O–H groups in total. The topological polar surface area (TPSA) is 54.5 Å². The third kappa shape index (κ3) is 1.95. The van der Waals surface area contributed by atoms with Crippen molar-refractivity contribution in [2.75, 3.05) is 0 Å². The Bertz CT molecular complexity index is 448. The van der Waals surface area contributed by atoms with Crippen molar-refractivity contribution in [3.63, 3.8) is 0 Å². The summed E-state index contributed by atoms with van der Waals surface area (Å²) in [6, 6.07) is 4.00. The van der Waals surface area contributed by atoms with Crippen LogP contribution < -0.4 is 0 Å². The lowest BCUT2D eigenvalue weighted by Crippen LogP contribution is -2.04. The van der Waals surface area contributed by atoms with Gasteiger partial charge in [-0.25, -0.2) is 0 Å². The van der Waals surface area contributed by atoms with Crippen LogP contribution in [0.5, 0.6) is 0 Å². The van der Waals surface area contributed by atoms with Gasteiger partial charge in [-0.2, -0.15) is 23.4 Å². The van der Waals surface area contributed by atoms with E-state index in [1.807, 2.05) is 5.10 Å². The minimum absolute atomic E-state index is 0.121. The lowest BCUT2D eigenvalue weighted by Gasteiger charge is -1.99. The molecule has 0 aromatic carbocycles. The number of H-pyrrole nitrogens is 1. The Kier molecular flexibility index (Phi) is 2.14. The minimum atomic E-state index is -4.42. The Labute approximate surface area is 82.2 Å².